The molecule has 2 aromatic rings. The van der Waals surface area contributed by atoms with E-state index in [2.05, 4.69) is 10.1 Å². The summed E-state index contributed by atoms with van der Waals surface area (Å²) in [5.74, 6) is -0.0497. The number of nitro benzene ring substituents is 1. The molecule has 15 heavy (non-hydrogen) atoms. The van der Waals surface area contributed by atoms with Crippen LogP contribution in [0.4, 0.5) is 11.6 Å². The molecule has 0 aliphatic rings. The maximum atomic E-state index is 11.3. The molecule has 0 atom stereocenters. The van der Waals surface area contributed by atoms with Crippen molar-refractivity contribution in [3.05, 3.63) is 33.2 Å². The summed E-state index contributed by atoms with van der Waals surface area (Å²) in [5, 5.41) is 12.6. The lowest BCUT2D eigenvalue weighted by Crippen LogP contribution is -2.23. The van der Waals surface area contributed by atoms with E-state index >= 15 is 0 Å². The molecule has 8 heteroatoms. The summed E-state index contributed by atoms with van der Waals surface area (Å²) in [6, 6.07) is 3.76. The Bertz CT molecular complexity index is 605. The van der Waals surface area contributed by atoms with Gasteiger partial charge in [0, 0.05) is 6.07 Å². The zero-order valence-corrected chi connectivity index (χ0v) is 7.38. The molecule has 0 radical (unpaired) electrons. The minimum Gasteiger partial charge on any atom is -0.365 e. The van der Waals surface area contributed by atoms with Crippen LogP contribution < -0.4 is 10.3 Å². The second kappa shape index (κ2) is 3.01. The number of benzene rings is 1. The largest absolute Gasteiger partial charge is 0.365 e. The molecule has 8 nitrogen and oxygen atoms in total. The summed E-state index contributed by atoms with van der Waals surface area (Å²) in [6.07, 6.45) is 0. The highest BCUT2D eigenvalue weighted by molar-refractivity contribution is 5.74. The van der Waals surface area contributed by atoms with Crippen molar-refractivity contribution < 1.29 is 9.47 Å². The summed E-state index contributed by atoms with van der Waals surface area (Å²) >= 11 is 0. The Morgan fingerprint density at radius 3 is 2.93 bits per heavy atom. The predicted molar refractivity (Wildman–Crippen MR) is 50.5 cm³/mol. The van der Waals surface area contributed by atoms with Crippen LogP contribution in [-0.4, -0.2) is 15.0 Å². The van der Waals surface area contributed by atoms with E-state index < -0.39 is 4.92 Å². The molecule has 2 rings (SSSR count). The van der Waals surface area contributed by atoms with Gasteiger partial charge in [0.1, 0.15) is 5.52 Å². The molecule has 0 amide bonds. The van der Waals surface area contributed by atoms with Crippen LogP contribution >= 0.6 is 0 Å². The Balaban J connectivity index is 2.83. The van der Waals surface area contributed by atoms with Crippen LogP contribution in [0.25, 0.3) is 11.0 Å². The average molecular weight is 208 g/mol. The highest BCUT2D eigenvalue weighted by atomic mass is 16.6. The minimum absolute atomic E-state index is 0.0497. The van der Waals surface area contributed by atoms with Crippen LogP contribution in [0.1, 0.15) is 0 Å². The van der Waals surface area contributed by atoms with Crippen molar-refractivity contribution in [2.75, 3.05) is 5.73 Å². The van der Waals surface area contributed by atoms with Gasteiger partial charge >= 0.3 is 5.52 Å². The molecule has 1 aromatic heterocycles. The molecule has 1 heterocycles. The summed E-state index contributed by atoms with van der Waals surface area (Å²) in [7, 11) is 0. The Morgan fingerprint density at radius 2 is 2.27 bits per heavy atom. The number of rotatable bonds is 1. The number of nitrogens with two attached hydrogens (primary N) is 1. The van der Waals surface area contributed by atoms with Gasteiger partial charge in [0.15, 0.2) is 4.54 Å². The molecule has 0 saturated heterocycles. The second-order valence-electron chi connectivity index (χ2n) is 2.83. The predicted octanol–water partition coefficient (Wildman–Crippen LogP) is -0.0322. The van der Waals surface area contributed by atoms with E-state index in [1.165, 1.54) is 12.1 Å². The fourth-order valence-electron chi connectivity index (χ4n) is 1.20. The monoisotopic (exact) mass is 208 g/mol. The zero-order valence-electron chi connectivity index (χ0n) is 7.38. The first-order valence-corrected chi connectivity index (χ1v) is 3.94. The number of nitro groups is 1. The van der Waals surface area contributed by atoms with Gasteiger partial charge in [-0.3, -0.25) is 10.1 Å². The van der Waals surface area contributed by atoms with Gasteiger partial charge in [-0.05, 0) is 6.07 Å². The quantitative estimate of drug-likeness (QED) is 0.387. The number of nitrogens with zero attached hydrogens (tertiary/aromatic N) is 3. The van der Waals surface area contributed by atoms with Crippen molar-refractivity contribution in [2.24, 2.45) is 0 Å². The number of anilines is 1. The van der Waals surface area contributed by atoms with E-state index in [1.54, 1.807) is 0 Å². The van der Waals surface area contributed by atoms with Gasteiger partial charge < -0.3 is 5.73 Å². The Hall–Kier alpha value is -2.51. The van der Waals surface area contributed by atoms with Crippen molar-refractivity contribution in [3.8, 4) is 0 Å². The van der Waals surface area contributed by atoms with Crippen LogP contribution in [0.5, 0.6) is 0 Å². The third-order valence-electron chi connectivity index (χ3n) is 1.85. The van der Waals surface area contributed by atoms with Crippen LogP contribution in [0.2, 0.25) is 0 Å². The van der Waals surface area contributed by atoms with Gasteiger partial charge in [-0.25, -0.2) is 4.98 Å². The Kier molecular flexibility index (Phi) is 1.82. The number of nitrogens with one attached hydrogen (secondary N) is 1. The molecule has 0 fully saturated rings. The van der Waals surface area contributed by atoms with Gasteiger partial charge in [-0.2, -0.15) is 0 Å². The minimum atomic E-state index is -0.588. The summed E-state index contributed by atoms with van der Waals surface area (Å²) in [5.41, 5.74) is 5.49. The number of hydrogen-bond acceptors (Lipinski definition) is 5. The first kappa shape index (κ1) is 9.06. The highest BCUT2D eigenvalue weighted by Gasteiger charge is 2.15. The SMILES string of the molecule is Nc1nc2ccc([N+](=O)[O-])cc2[n+](=O)[nH]1. The molecular weight excluding hydrogens is 202 g/mol. The summed E-state index contributed by atoms with van der Waals surface area (Å²) in [6.45, 7) is 0. The van der Waals surface area contributed by atoms with Crippen molar-refractivity contribution in [3.63, 3.8) is 0 Å². The van der Waals surface area contributed by atoms with Gasteiger partial charge in [0.2, 0.25) is 0 Å². The van der Waals surface area contributed by atoms with E-state index in [-0.39, 0.29) is 17.2 Å². The van der Waals surface area contributed by atoms with E-state index in [4.69, 9.17) is 5.73 Å². The molecular formula is C7H6N5O3+. The number of H-pyrrole nitrogens is 1. The number of fused-ring (bicyclic) bond motifs is 1. The fourth-order valence-corrected chi connectivity index (χ4v) is 1.20. The third-order valence-corrected chi connectivity index (χ3v) is 1.85. The molecule has 0 aliphatic heterocycles. The van der Waals surface area contributed by atoms with Gasteiger partial charge in [-0.15, -0.1) is 0 Å². The number of hydrogen-bond donors (Lipinski definition) is 2. The number of nitrogen functional groups attached to an aromatic ring is 1. The van der Waals surface area contributed by atoms with Crippen molar-refractivity contribution in [1.29, 1.82) is 0 Å². The van der Waals surface area contributed by atoms with Crippen LogP contribution in [0.15, 0.2) is 18.2 Å². The van der Waals surface area contributed by atoms with Gasteiger partial charge in [0.05, 0.1) is 15.9 Å². The molecule has 0 spiro atoms. The van der Waals surface area contributed by atoms with Crippen molar-refractivity contribution in [1.82, 2.24) is 10.1 Å². The maximum absolute atomic E-state index is 11.3. The highest BCUT2D eigenvalue weighted by Crippen LogP contribution is 2.15. The van der Waals surface area contributed by atoms with E-state index in [0.717, 1.165) is 6.07 Å². The fraction of sp³-hybridized carbons (Fsp3) is 0. The molecule has 3 N–H and O–H groups in total. The normalized spacial score (nSPS) is 10.4. The zero-order chi connectivity index (χ0) is 11.0. The van der Waals surface area contributed by atoms with Gasteiger partial charge in [0.25, 0.3) is 11.6 Å². The maximum Gasteiger partial charge on any atom is 0.324 e. The third kappa shape index (κ3) is 1.47. The van der Waals surface area contributed by atoms with E-state index in [9.17, 15) is 15.0 Å². The first-order chi connectivity index (χ1) is 7.08. The molecule has 0 unspecified atom stereocenters. The summed E-state index contributed by atoms with van der Waals surface area (Å²) < 4.78 is 0.338. The van der Waals surface area contributed by atoms with E-state index in [1.807, 2.05) is 0 Å². The average Bonchev–Trinajstić information content (AvgIpc) is 2.16. The lowest BCUT2D eigenvalue weighted by Gasteiger charge is -1.91. The molecule has 0 bridgehead atoms. The van der Waals surface area contributed by atoms with Crippen LogP contribution in [0, 0.1) is 15.0 Å². The lowest BCUT2D eigenvalue weighted by molar-refractivity contribution is -0.535. The topological polar surface area (TPSA) is 121 Å². The Morgan fingerprint density at radius 1 is 1.53 bits per heavy atom. The van der Waals surface area contributed by atoms with Crippen molar-refractivity contribution >= 4 is 22.7 Å². The smallest absolute Gasteiger partial charge is 0.324 e. The Labute approximate surface area is 82.1 Å². The lowest BCUT2D eigenvalue weighted by atomic mass is 10.3. The number of aromatic amines is 1. The standard InChI is InChI=1S/C7H6N5O3/c8-7-9-5-2-1-4(12(14)15)3-6(5)11(13)10-7/h1-3H,(H3,8,9,10,13)/q+1. The van der Waals surface area contributed by atoms with Crippen LogP contribution in [-0.2, 0) is 0 Å². The second-order valence-corrected chi connectivity index (χ2v) is 2.83. The van der Waals surface area contributed by atoms with Gasteiger partial charge in [-0.1, -0.05) is 5.10 Å². The molecule has 0 saturated carbocycles. The number of non-ortho nitro benzene ring substituents is 1. The number of aromatic nitrogens is 3. The first-order valence-electron chi connectivity index (χ1n) is 3.94. The van der Waals surface area contributed by atoms with Crippen LogP contribution in [0.3, 0.4) is 0 Å². The molecule has 76 valence electrons. The summed E-state index contributed by atoms with van der Waals surface area (Å²) in [4.78, 5) is 25.0. The molecule has 1 aromatic carbocycles. The van der Waals surface area contributed by atoms with Crippen molar-refractivity contribution in [2.45, 2.75) is 0 Å². The van der Waals surface area contributed by atoms with E-state index in [0.29, 0.717) is 10.1 Å². The molecule has 0 aliphatic carbocycles.